The summed E-state index contributed by atoms with van der Waals surface area (Å²) in [5, 5.41) is 21.7. The predicted octanol–water partition coefficient (Wildman–Crippen LogP) is 9.55. The summed E-state index contributed by atoms with van der Waals surface area (Å²) in [6, 6.07) is 36.6. The molecule has 0 radical (unpaired) electrons. The molecule has 5 nitrogen and oxygen atoms in total. The van der Waals surface area contributed by atoms with Crippen molar-refractivity contribution in [1.29, 1.82) is 10.5 Å². The topological polar surface area (TPSA) is 78.3 Å². The van der Waals surface area contributed by atoms with Crippen molar-refractivity contribution in [3.63, 3.8) is 0 Å². The molecule has 0 unspecified atom stereocenters. The average Bonchev–Trinajstić information content (AvgIpc) is 3.37. The van der Waals surface area contributed by atoms with E-state index < -0.39 is 0 Å². The van der Waals surface area contributed by atoms with Crippen molar-refractivity contribution in [2.24, 2.45) is 0 Å². The zero-order chi connectivity index (χ0) is 31.2. The third-order valence-electron chi connectivity index (χ3n) is 8.59. The van der Waals surface area contributed by atoms with E-state index in [0.29, 0.717) is 5.56 Å². The van der Waals surface area contributed by atoms with E-state index in [4.69, 9.17) is 5.26 Å². The van der Waals surface area contributed by atoms with Gasteiger partial charge in [0.1, 0.15) is 12.1 Å². The predicted molar refractivity (Wildman–Crippen MR) is 181 cm³/mol. The van der Waals surface area contributed by atoms with Gasteiger partial charge in [0.2, 0.25) is 5.82 Å². The van der Waals surface area contributed by atoms with Gasteiger partial charge in [-0.15, -0.1) is 0 Å². The first-order valence-electron chi connectivity index (χ1n) is 14.8. The molecule has 2 aromatic heterocycles. The number of aromatic nitrogens is 3. The zero-order valence-corrected chi connectivity index (χ0v) is 25.6. The largest absolute Gasteiger partial charge is 0.308 e. The first-order chi connectivity index (χ1) is 21.8. The third kappa shape index (κ3) is 4.82. The summed E-state index contributed by atoms with van der Waals surface area (Å²) >= 11 is 0. The maximum absolute atomic E-state index is 10.4. The maximum atomic E-state index is 10.4. The van der Waals surface area contributed by atoms with Crippen LogP contribution in [0.4, 0.5) is 0 Å². The van der Waals surface area contributed by atoms with E-state index in [1.807, 2.05) is 24.3 Å². The number of fused-ring (bicyclic) bond motifs is 3. The van der Waals surface area contributed by atoms with Gasteiger partial charge in [-0.2, -0.15) is 10.5 Å². The molecule has 0 atom stereocenters. The fourth-order valence-corrected chi connectivity index (χ4v) is 6.43. The van der Waals surface area contributed by atoms with Crippen LogP contribution in [0.15, 0.2) is 103 Å². The first-order valence-corrected chi connectivity index (χ1v) is 14.8. The highest BCUT2D eigenvalue weighted by Gasteiger charge is 2.18. The number of hydrogen-bond donors (Lipinski definition) is 0. The number of hydrogen-bond acceptors (Lipinski definition) is 4. The molecule has 0 fully saturated rings. The lowest BCUT2D eigenvalue weighted by Gasteiger charge is -2.13. The molecule has 5 heteroatoms. The molecule has 0 N–H and O–H groups in total. The third-order valence-corrected chi connectivity index (χ3v) is 8.59. The molecule has 0 aliphatic rings. The van der Waals surface area contributed by atoms with Gasteiger partial charge in [0, 0.05) is 28.7 Å². The molecule has 7 rings (SSSR count). The van der Waals surface area contributed by atoms with Crippen LogP contribution in [0, 0.1) is 50.4 Å². The van der Waals surface area contributed by atoms with Crippen LogP contribution in [0.5, 0.6) is 0 Å². The standard InChI is InChI=1S/C40H29N5/c1-24-5-10-33(26(3)15-24)29-8-13-38-35(18-29)36-19-30(34-11-6-25(2)16-27(34)4)9-14-39(36)45(38)37-12-7-28(17-31(37)20-41)32-22-43-40(21-42)44-23-32/h5-19,22-23H,1-4H3. The molecule has 0 aliphatic heterocycles. The lowest BCUT2D eigenvalue weighted by atomic mass is 9.95. The first kappa shape index (κ1) is 27.8. The Bertz CT molecular complexity index is 2270. The number of nitriles is 2. The van der Waals surface area contributed by atoms with Gasteiger partial charge in [0.25, 0.3) is 0 Å². The van der Waals surface area contributed by atoms with Crippen molar-refractivity contribution < 1.29 is 0 Å². The van der Waals surface area contributed by atoms with E-state index in [2.05, 4.69) is 121 Å². The van der Waals surface area contributed by atoms with Crippen LogP contribution < -0.4 is 0 Å². The molecule has 0 spiro atoms. The van der Waals surface area contributed by atoms with E-state index in [9.17, 15) is 5.26 Å². The fourth-order valence-electron chi connectivity index (χ4n) is 6.43. The van der Waals surface area contributed by atoms with Crippen LogP contribution in [0.25, 0.3) is 60.9 Å². The Labute approximate surface area is 262 Å². The van der Waals surface area contributed by atoms with Crippen LogP contribution in [-0.4, -0.2) is 14.5 Å². The Kier molecular flexibility index (Phi) is 6.73. The minimum absolute atomic E-state index is 0.113. The molecule has 0 saturated heterocycles. The van der Waals surface area contributed by atoms with Gasteiger partial charge in [0.15, 0.2) is 0 Å². The molecule has 0 saturated carbocycles. The Balaban J connectivity index is 1.48. The normalized spacial score (nSPS) is 11.1. The Morgan fingerprint density at radius 1 is 0.533 bits per heavy atom. The minimum Gasteiger partial charge on any atom is -0.308 e. The summed E-state index contributed by atoms with van der Waals surface area (Å²) in [6.07, 6.45) is 3.23. The molecule has 0 aliphatic carbocycles. The Morgan fingerprint density at radius 3 is 1.56 bits per heavy atom. The van der Waals surface area contributed by atoms with Gasteiger partial charge >= 0.3 is 0 Å². The van der Waals surface area contributed by atoms with Crippen LogP contribution in [-0.2, 0) is 0 Å². The monoisotopic (exact) mass is 579 g/mol. The summed E-state index contributed by atoms with van der Waals surface area (Å²) in [4.78, 5) is 8.22. The summed E-state index contributed by atoms with van der Waals surface area (Å²) in [5.41, 5.74) is 14.7. The van der Waals surface area contributed by atoms with Gasteiger partial charge in [-0.05, 0) is 103 Å². The molecule has 45 heavy (non-hydrogen) atoms. The smallest absolute Gasteiger partial charge is 0.232 e. The highest BCUT2D eigenvalue weighted by atomic mass is 15.0. The van der Waals surface area contributed by atoms with Gasteiger partial charge in [-0.1, -0.05) is 65.7 Å². The van der Waals surface area contributed by atoms with Gasteiger partial charge < -0.3 is 4.57 Å². The van der Waals surface area contributed by atoms with E-state index in [0.717, 1.165) is 49.7 Å². The number of rotatable bonds is 4. The number of nitrogens with zero attached hydrogens (tertiary/aromatic N) is 5. The second-order valence-corrected chi connectivity index (χ2v) is 11.7. The molecule has 5 aromatic carbocycles. The van der Waals surface area contributed by atoms with Crippen molar-refractivity contribution in [3.8, 4) is 51.2 Å². The van der Waals surface area contributed by atoms with Crippen LogP contribution in [0.1, 0.15) is 33.6 Å². The molecule has 7 aromatic rings. The Morgan fingerprint density at radius 2 is 1.07 bits per heavy atom. The average molecular weight is 580 g/mol. The Hall–Kier alpha value is -6.04. The zero-order valence-electron chi connectivity index (χ0n) is 25.6. The van der Waals surface area contributed by atoms with Crippen molar-refractivity contribution in [3.05, 3.63) is 137 Å². The van der Waals surface area contributed by atoms with E-state index in [1.54, 1.807) is 12.4 Å². The fraction of sp³-hybridized carbons (Fsp3) is 0.100. The summed E-state index contributed by atoms with van der Waals surface area (Å²) in [5.74, 6) is 0.113. The molecular formula is C40H29N5. The summed E-state index contributed by atoms with van der Waals surface area (Å²) in [7, 11) is 0. The molecule has 0 bridgehead atoms. The summed E-state index contributed by atoms with van der Waals surface area (Å²) < 4.78 is 2.19. The minimum atomic E-state index is 0.113. The van der Waals surface area contributed by atoms with Crippen LogP contribution in [0.2, 0.25) is 0 Å². The van der Waals surface area contributed by atoms with E-state index in [1.165, 1.54) is 33.4 Å². The molecular weight excluding hydrogens is 550 g/mol. The second kappa shape index (κ2) is 10.9. The van der Waals surface area contributed by atoms with Gasteiger partial charge in [-0.25, -0.2) is 9.97 Å². The lowest BCUT2D eigenvalue weighted by Crippen LogP contribution is -1.98. The van der Waals surface area contributed by atoms with E-state index in [-0.39, 0.29) is 5.82 Å². The van der Waals surface area contributed by atoms with Gasteiger partial charge in [0.05, 0.1) is 22.3 Å². The number of benzene rings is 5. The van der Waals surface area contributed by atoms with Crippen molar-refractivity contribution in [2.75, 3.05) is 0 Å². The highest BCUT2D eigenvalue weighted by Crippen LogP contribution is 2.39. The molecule has 214 valence electrons. The lowest BCUT2D eigenvalue weighted by molar-refractivity contribution is 1.11. The van der Waals surface area contributed by atoms with Crippen LogP contribution >= 0.6 is 0 Å². The SMILES string of the molecule is Cc1ccc(-c2ccc3c(c2)c2cc(-c4ccc(C)cc4C)ccc2n3-c2ccc(-c3cnc(C#N)nc3)cc2C#N)c(C)c1. The van der Waals surface area contributed by atoms with Crippen molar-refractivity contribution in [2.45, 2.75) is 27.7 Å². The van der Waals surface area contributed by atoms with Crippen molar-refractivity contribution in [1.82, 2.24) is 14.5 Å². The van der Waals surface area contributed by atoms with Crippen molar-refractivity contribution >= 4 is 21.8 Å². The highest BCUT2D eigenvalue weighted by molar-refractivity contribution is 6.12. The van der Waals surface area contributed by atoms with Gasteiger partial charge in [-0.3, -0.25) is 0 Å². The molecule has 0 amide bonds. The van der Waals surface area contributed by atoms with Crippen LogP contribution in [0.3, 0.4) is 0 Å². The quantitative estimate of drug-likeness (QED) is 0.208. The summed E-state index contributed by atoms with van der Waals surface area (Å²) in [6.45, 7) is 8.56. The second-order valence-electron chi connectivity index (χ2n) is 11.7. The number of aryl methyl sites for hydroxylation is 4. The maximum Gasteiger partial charge on any atom is 0.232 e. The van der Waals surface area contributed by atoms with E-state index >= 15 is 0 Å². The molecule has 2 heterocycles.